The van der Waals surface area contributed by atoms with Crippen molar-refractivity contribution in [2.75, 3.05) is 0 Å². The first-order valence-electron chi connectivity index (χ1n) is 8.10. The van der Waals surface area contributed by atoms with Crippen LogP contribution in [0.5, 0.6) is 5.75 Å². The van der Waals surface area contributed by atoms with Gasteiger partial charge in [-0.3, -0.25) is 4.79 Å². The number of thioether (sulfide) groups is 1. The van der Waals surface area contributed by atoms with Crippen molar-refractivity contribution in [3.63, 3.8) is 0 Å². The molecule has 0 radical (unpaired) electrons. The first kappa shape index (κ1) is 17.2. The van der Waals surface area contributed by atoms with Gasteiger partial charge in [-0.05, 0) is 36.1 Å². The van der Waals surface area contributed by atoms with Gasteiger partial charge in [-0.2, -0.15) is 5.10 Å². The van der Waals surface area contributed by atoms with E-state index in [1.165, 1.54) is 23.5 Å². The number of hydrogen-bond acceptors (Lipinski definition) is 5. The summed E-state index contributed by atoms with van der Waals surface area (Å²) in [7, 11) is 0. The van der Waals surface area contributed by atoms with Gasteiger partial charge >= 0.3 is 0 Å². The Morgan fingerprint density at radius 1 is 1.16 bits per heavy atom. The zero-order chi connectivity index (χ0) is 17.6. The fourth-order valence-electron chi connectivity index (χ4n) is 2.45. The van der Waals surface area contributed by atoms with Crippen LogP contribution in [-0.2, 0) is 17.6 Å². The summed E-state index contributed by atoms with van der Waals surface area (Å²) in [5, 5.41) is 20.7. The highest BCUT2D eigenvalue weighted by atomic mass is 32.2. The van der Waals surface area contributed by atoms with E-state index in [-0.39, 0.29) is 16.9 Å². The molecule has 3 rings (SSSR count). The maximum atomic E-state index is 12.1. The third-order valence-corrected chi connectivity index (χ3v) is 4.98. The molecule has 1 amide bonds. The second kappa shape index (κ2) is 7.98. The number of amidine groups is 1. The Kier molecular flexibility index (Phi) is 5.50. The van der Waals surface area contributed by atoms with Crippen LogP contribution in [0, 0.1) is 0 Å². The summed E-state index contributed by atoms with van der Waals surface area (Å²) in [4.78, 5) is 12.1. The fraction of sp³-hybridized carbons (Fsp3) is 0.211. The number of benzene rings is 2. The van der Waals surface area contributed by atoms with Gasteiger partial charge in [0.05, 0.1) is 11.5 Å². The molecule has 1 aliphatic rings. The molecule has 0 saturated carbocycles. The Labute approximate surface area is 150 Å². The van der Waals surface area contributed by atoms with Crippen molar-refractivity contribution in [3.8, 4) is 5.75 Å². The molecule has 2 N–H and O–H groups in total. The molecule has 1 atom stereocenters. The van der Waals surface area contributed by atoms with Crippen LogP contribution in [0.3, 0.4) is 0 Å². The van der Waals surface area contributed by atoms with Crippen LogP contribution >= 0.6 is 11.8 Å². The number of carbonyl (C=O) groups excluding carboxylic acids is 1. The molecule has 25 heavy (non-hydrogen) atoms. The van der Waals surface area contributed by atoms with E-state index in [1.54, 1.807) is 24.3 Å². The van der Waals surface area contributed by atoms with Gasteiger partial charge in [0.1, 0.15) is 5.75 Å². The number of aromatic hydroxyl groups is 1. The summed E-state index contributed by atoms with van der Waals surface area (Å²) in [5.74, 6) is 0.0871. The van der Waals surface area contributed by atoms with Gasteiger partial charge in [-0.25, -0.2) is 0 Å². The molecule has 0 aliphatic carbocycles. The van der Waals surface area contributed by atoms with E-state index in [0.29, 0.717) is 17.2 Å². The van der Waals surface area contributed by atoms with E-state index in [2.05, 4.69) is 46.7 Å². The molecule has 1 unspecified atom stereocenters. The zero-order valence-electron chi connectivity index (χ0n) is 13.8. The Morgan fingerprint density at radius 2 is 1.88 bits per heavy atom. The minimum absolute atomic E-state index is 0.0546. The van der Waals surface area contributed by atoms with Crippen LogP contribution in [0.4, 0.5) is 0 Å². The first-order valence-corrected chi connectivity index (χ1v) is 8.98. The number of nitrogens with zero attached hydrogens (tertiary/aromatic N) is 2. The molecule has 6 heteroatoms. The molecular formula is C19H19N3O2S. The number of rotatable bonds is 5. The van der Waals surface area contributed by atoms with Crippen molar-refractivity contribution in [1.29, 1.82) is 0 Å². The van der Waals surface area contributed by atoms with Crippen molar-refractivity contribution >= 4 is 29.1 Å². The number of phenols is 1. The van der Waals surface area contributed by atoms with Crippen molar-refractivity contribution in [2.24, 2.45) is 10.2 Å². The van der Waals surface area contributed by atoms with Crippen molar-refractivity contribution in [1.82, 2.24) is 5.32 Å². The van der Waals surface area contributed by atoms with Gasteiger partial charge in [0.15, 0.2) is 5.17 Å². The molecule has 5 nitrogen and oxygen atoms in total. The van der Waals surface area contributed by atoms with Crippen molar-refractivity contribution in [2.45, 2.75) is 25.0 Å². The quantitative estimate of drug-likeness (QED) is 0.641. The third-order valence-electron chi connectivity index (χ3n) is 3.91. The van der Waals surface area contributed by atoms with Gasteiger partial charge in [-0.15, -0.1) is 5.10 Å². The van der Waals surface area contributed by atoms with Crippen LogP contribution in [0.1, 0.15) is 23.6 Å². The largest absolute Gasteiger partial charge is 0.507 e. The minimum Gasteiger partial charge on any atom is -0.507 e. The van der Waals surface area contributed by atoms with E-state index < -0.39 is 0 Å². The van der Waals surface area contributed by atoms with E-state index in [1.807, 2.05) is 0 Å². The second-order valence-corrected chi connectivity index (χ2v) is 6.87. The van der Waals surface area contributed by atoms with Gasteiger partial charge < -0.3 is 10.4 Å². The average Bonchev–Trinajstić information content (AvgIpc) is 2.97. The number of phenolic OH excluding ortho intramolecular Hbond substituents is 1. The topological polar surface area (TPSA) is 74.1 Å². The fourth-order valence-corrected chi connectivity index (χ4v) is 3.42. The lowest BCUT2D eigenvalue weighted by atomic mass is 10.1. The van der Waals surface area contributed by atoms with Crippen LogP contribution in [0.15, 0.2) is 58.7 Å². The van der Waals surface area contributed by atoms with Crippen LogP contribution < -0.4 is 5.32 Å². The Hall–Kier alpha value is -2.60. The molecule has 0 bridgehead atoms. The summed E-state index contributed by atoms with van der Waals surface area (Å²) >= 11 is 1.38. The minimum atomic E-state index is -0.202. The van der Waals surface area contributed by atoms with Gasteiger partial charge in [0, 0.05) is 5.56 Å². The molecule has 2 aromatic carbocycles. The van der Waals surface area contributed by atoms with Gasteiger partial charge in [-0.1, -0.05) is 55.1 Å². The van der Waals surface area contributed by atoms with Crippen LogP contribution in [0.2, 0.25) is 0 Å². The average molecular weight is 353 g/mol. The lowest BCUT2D eigenvalue weighted by Crippen LogP contribution is -2.25. The molecule has 1 heterocycles. The molecule has 0 aromatic heterocycles. The Morgan fingerprint density at radius 3 is 2.60 bits per heavy atom. The summed E-state index contributed by atoms with van der Waals surface area (Å²) in [6.07, 6.45) is 3.12. The SMILES string of the molecule is CCc1ccc(CC2S/C(=N/N=Cc3ccccc3O)NC2=O)cc1. The van der Waals surface area contributed by atoms with Crippen molar-refractivity contribution < 1.29 is 9.90 Å². The number of para-hydroxylation sites is 1. The lowest BCUT2D eigenvalue weighted by Gasteiger charge is -2.06. The highest BCUT2D eigenvalue weighted by Gasteiger charge is 2.30. The normalized spacial score (nSPS) is 18.8. The van der Waals surface area contributed by atoms with Gasteiger partial charge in [0.25, 0.3) is 0 Å². The summed E-state index contributed by atoms with van der Waals surface area (Å²) < 4.78 is 0. The molecule has 1 aliphatic heterocycles. The summed E-state index contributed by atoms with van der Waals surface area (Å²) in [6, 6.07) is 15.2. The monoisotopic (exact) mass is 353 g/mol. The molecule has 128 valence electrons. The first-order chi connectivity index (χ1) is 12.2. The highest BCUT2D eigenvalue weighted by molar-refractivity contribution is 8.15. The highest BCUT2D eigenvalue weighted by Crippen LogP contribution is 2.23. The summed E-state index contributed by atoms with van der Waals surface area (Å²) in [6.45, 7) is 2.12. The Balaban J connectivity index is 1.62. The zero-order valence-corrected chi connectivity index (χ0v) is 14.7. The third kappa shape index (κ3) is 4.48. The predicted octanol–water partition coefficient (Wildman–Crippen LogP) is 3.12. The number of hydrogen-bond donors (Lipinski definition) is 2. The number of amides is 1. The second-order valence-electron chi connectivity index (χ2n) is 5.68. The summed E-state index contributed by atoms with van der Waals surface area (Å²) in [5.41, 5.74) is 2.99. The van der Waals surface area contributed by atoms with E-state index in [0.717, 1.165) is 12.0 Å². The molecule has 2 aromatic rings. The number of aryl methyl sites for hydroxylation is 1. The number of nitrogens with one attached hydrogen (secondary N) is 1. The van der Waals surface area contributed by atoms with Crippen molar-refractivity contribution in [3.05, 3.63) is 65.2 Å². The maximum absolute atomic E-state index is 12.1. The van der Waals surface area contributed by atoms with Crippen LogP contribution in [-0.4, -0.2) is 27.6 Å². The van der Waals surface area contributed by atoms with E-state index >= 15 is 0 Å². The molecular weight excluding hydrogens is 334 g/mol. The van der Waals surface area contributed by atoms with E-state index in [4.69, 9.17) is 0 Å². The molecule has 1 saturated heterocycles. The van der Waals surface area contributed by atoms with Crippen LogP contribution in [0.25, 0.3) is 0 Å². The van der Waals surface area contributed by atoms with Gasteiger partial charge in [0.2, 0.25) is 5.91 Å². The number of carbonyl (C=O) groups is 1. The standard InChI is InChI=1S/C19H19N3O2S/c1-2-13-7-9-14(10-8-13)11-17-18(24)21-19(25-17)22-20-12-15-5-3-4-6-16(15)23/h3-10,12,17,23H,2,11H2,1H3,(H,21,22,24). The molecule has 0 spiro atoms. The Bertz CT molecular complexity index is 816. The smallest absolute Gasteiger partial charge is 0.239 e. The van der Waals surface area contributed by atoms with E-state index in [9.17, 15) is 9.90 Å². The lowest BCUT2D eigenvalue weighted by molar-refractivity contribution is -0.118. The molecule has 1 fully saturated rings. The maximum Gasteiger partial charge on any atom is 0.239 e. The predicted molar refractivity (Wildman–Crippen MR) is 102 cm³/mol.